The number of benzene rings is 1. The summed E-state index contributed by atoms with van der Waals surface area (Å²) in [6.45, 7) is 1.72. The molecule has 1 amide bonds. The van der Waals surface area contributed by atoms with E-state index in [9.17, 15) is 18.0 Å². The molecule has 0 saturated carbocycles. The van der Waals surface area contributed by atoms with Gasteiger partial charge in [0.05, 0.1) is 0 Å². The van der Waals surface area contributed by atoms with Gasteiger partial charge in [-0.3, -0.25) is 9.48 Å². The zero-order valence-electron chi connectivity index (χ0n) is 11.3. The Morgan fingerprint density at radius 1 is 1.33 bits per heavy atom. The number of rotatable bonds is 4. The Morgan fingerprint density at radius 2 is 2.10 bits per heavy atom. The summed E-state index contributed by atoms with van der Waals surface area (Å²) in [5.74, 6) is -0.430. The van der Waals surface area contributed by atoms with Crippen LogP contribution in [0.3, 0.4) is 0 Å². The quantitative estimate of drug-likeness (QED) is 0.942. The van der Waals surface area contributed by atoms with Crippen LogP contribution in [0.1, 0.15) is 18.2 Å². The average molecular weight is 297 g/mol. The number of anilines is 1. The normalized spacial score (nSPS) is 11.4. The molecule has 21 heavy (non-hydrogen) atoms. The molecule has 4 nitrogen and oxygen atoms in total. The van der Waals surface area contributed by atoms with E-state index in [1.165, 1.54) is 0 Å². The molecule has 0 atom stereocenters. The SMILES string of the molecule is CCc1cccc(NC(=O)Cn2ccc(C(F)(F)F)n2)c1. The minimum atomic E-state index is -4.50. The van der Waals surface area contributed by atoms with Gasteiger partial charge in [-0.1, -0.05) is 19.1 Å². The van der Waals surface area contributed by atoms with Gasteiger partial charge >= 0.3 is 6.18 Å². The van der Waals surface area contributed by atoms with E-state index in [4.69, 9.17) is 0 Å². The fourth-order valence-electron chi connectivity index (χ4n) is 1.82. The topological polar surface area (TPSA) is 46.9 Å². The van der Waals surface area contributed by atoms with E-state index in [2.05, 4.69) is 10.4 Å². The van der Waals surface area contributed by atoms with E-state index in [0.29, 0.717) is 5.69 Å². The van der Waals surface area contributed by atoms with Crippen LogP contribution >= 0.6 is 0 Å². The number of hydrogen-bond donors (Lipinski definition) is 1. The van der Waals surface area contributed by atoms with Gasteiger partial charge in [0.1, 0.15) is 6.54 Å². The molecular formula is C14H14F3N3O. The minimum Gasteiger partial charge on any atom is -0.324 e. The van der Waals surface area contributed by atoms with Crippen LogP contribution in [0.2, 0.25) is 0 Å². The molecule has 1 aromatic heterocycles. The molecule has 0 aliphatic carbocycles. The highest BCUT2D eigenvalue weighted by molar-refractivity contribution is 5.90. The van der Waals surface area contributed by atoms with Gasteiger partial charge < -0.3 is 5.32 Å². The van der Waals surface area contributed by atoms with Crippen LogP contribution in [-0.4, -0.2) is 15.7 Å². The van der Waals surface area contributed by atoms with Gasteiger partial charge in [0, 0.05) is 11.9 Å². The Labute approximate surface area is 119 Å². The monoisotopic (exact) mass is 297 g/mol. The molecule has 2 rings (SSSR count). The summed E-state index contributed by atoms with van der Waals surface area (Å²) < 4.78 is 38.1. The highest BCUT2D eigenvalue weighted by Gasteiger charge is 2.33. The first-order valence-corrected chi connectivity index (χ1v) is 6.38. The number of carbonyl (C=O) groups is 1. The molecule has 7 heteroatoms. The molecule has 0 unspecified atom stereocenters. The lowest BCUT2D eigenvalue weighted by Crippen LogP contribution is -2.19. The van der Waals surface area contributed by atoms with Gasteiger partial charge in [-0.25, -0.2) is 0 Å². The van der Waals surface area contributed by atoms with Crippen LogP contribution in [0.5, 0.6) is 0 Å². The average Bonchev–Trinajstić information content (AvgIpc) is 2.87. The predicted molar refractivity (Wildman–Crippen MR) is 71.7 cm³/mol. The number of aromatic nitrogens is 2. The summed E-state index contributed by atoms with van der Waals surface area (Å²) >= 11 is 0. The van der Waals surface area contributed by atoms with Crippen molar-refractivity contribution >= 4 is 11.6 Å². The van der Waals surface area contributed by atoms with Gasteiger partial charge in [-0.2, -0.15) is 18.3 Å². The van der Waals surface area contributed by atoms with Gasteiger partial charge in [0.15, 0.2) is 5.69 Å². The molecule has 2 aromatic rings. The van der Waals surface area contributed by atoms with E-state index in [1.807, 2.05) is 25.1 Å². The van der Waals surface area contributed by atoms with E-state index in [0.717, 1.165) is 28.9 Å². The Balaban J connectivity index is 2.00. The molecular weight excluding hydrogens is 283 g/mol. The number of nitrogens with one attached hydrogen (secondary N) is 1. The molecule has 0 fully saturated rings. The molecule has 0 radical (unpaired) electrons. The third kappa shape index (κ3) is 4.08. The van der Waals surface area contributed by atoms with Crippen molar-refractivity contribution in [3.63, 3.8) is 0 Å². The van der Waals surface area contributed by atoms with Crippen molar-refractivity contribution in [2.45, 2.75) is 26.1 Å². The lowest BCUT2D eigenvalue weighted by molar-refractivity contribution is -0.141. The summed E-state index contributed by atoms with van der Waals surface area (Å²) in [5.41, 5.74) is 0.664. The second kappa shape index (κ2) is 5.99. The number of aryl methyl sites for hydroxylation is 1. The zero-order valence-corrected chi connectivity index (χ0v) is 11.3. The molecule has 0 spiro atoms. The number of carbonyl (C=O) groups excluding carboxylic acids is 1. The maximum atomic E-state index is 12.4. The van der Waals surface area contributed by atoms with Crippen molar-refractivity contribution in [3.8, 4) is 0 Å². The molecule has 0 aliphatic heterocycles. The molecule has 1 heterocycles. The van der Waals surface area contributed by atoms with Crippen LogP contribution < -0.4 is 5.32 Å². The Kier molecular flexibility index (Phi) is 4.30. The van der Waals surface area contributed by atoms with Crippen LogP contribution in [0.4, 0.5) is 18.9 Å². The minimum absolute atomic E-state index is 0.271. The summed E-state index contributed by atoms with van der Waals surface area (Å²) in [5, 5.41) is 5.96. The Bertz CT molecular complexity index is 634. The number of halogens is 3. The summed E-state index contributed by atoms with van der Waals surface area (Å²) in [6.07, 6.45) is -2.54. The molecule has 0 bridgehead atoms. The second-order valence-corrected chi connectivity index (χ2v) is 4.50. The first kappa shape index (κ1) is 15.1. The number of hydrogen-bond acceptors (Lipinski definition) is 2. The van der Waals surface area contributed by atoms with E-state index < -0.39 is 17.8 Å². The Morgan fingerprint density at radius 3 is 2.71 bits per heavy atom. The van der Waals surface area contributed by atoms with Crippen LogP contribution in [0, 0.1) is 0 Å². The summed E-state index contributed by atoms with van der Waals surface area (Å²) in [6, 6.07) is 8.12. The van der Waals surface area contributed by atoms with E-state index >= 15 is 0 Å². The highest BCUT2D eigenvalue weighted by atomic mass is 19.4. The van der Waals surface area contributed by atoms with Crippen LogP contribution in [0.25, 0.3) is 0 Å². The van der Waals surface area contributed by atoms with Crippen molar-refractivity contribution in [1.29, 1.82) is 0 Å². The first-order chi connectivity index (χ1) is 9.88. The lowest BCUT2D eigenvalue weighted by atomic mass is 10.1. The molecule has 1 N–H and O–H groups in total. The molecule has 1 aromatic carbocycles. The fourth-order valence-corrected chi connectivity index (χ4v) is 1.82. The smallest absolute Gasteiger partial charge is 0.324 e. The van der Waals surface area contributed by atoms with Crippen molar-refractivity contribution in [1.82, 2.24) is 9.78 Å². The number of amides is 1. The lowest BCUT2D eigenvalue weighted by Gasteiger charge is -2.07. The highest BCUT2D eigenvalue weighted by Crippen LogP contribution is 2.27. The largest absolute Gasteiger partial charge is 0.435 e. The maximum Gasteiger partial charge on any atom is 0.435 e. The third-order valence-electron chi connectivity index (χ3n) is 2.86. The van der Waals surface area contributed by atoms with Crippen molar-refractivity contribution < 1.29 is 18.0 Å². The van der Waals surface area contributed by atoms with E-state index in [1.54, 1.807) is 6.07 Å². The van der Waals surface area contributed by atoms with Gasteiger partial charge in [-0.05, 0) is 30.2 Å². The maximum absolute atomic E-state index is 12.4. The van der Waals surface area contributed by atoms with Crippen molar-refractivity contribution in [2.24, 2.45) is 0 Å². The summed E-state index contributed by atoms with van der Waals surface area (Å²) in [7, 11) is 0. The molecule has 0 aliphatic rings. The second-order valence-electron chi connectivity index (χ2n) is 4.50. The zero-order chi connectivity index (χ0) is 15.5. The van der Waals surface area contributed by atoms with Crippen molar-refractivity contribution in [2.75, 3.05) is 5.32 Å². The van der Waals surface area contributed by atoms with Crippen molar-refractivity contribution in [3.05, 3.63) is 47.8 Å². The van der Waals surface area contributed by atoms with Crippen LogP contribution in [0.15, 0.2) is 36.5 Å². The van der Waals surface area contributed by atoms with Gasteiger partial charge in [0.25, 0.3) is 0 Å². The molecule has 0 saturated heterocycles. The summed E-state index contributed by atoms with van der Waals surface area (Å²) in [4.78, 5) is 11.8. The van der Waals surface area contributed by atoms with Gasteiger partial charge in [-0.15, -0.1) is 0 Å². The van der Waals surface area contributed by atoms with E-state index in [-0.39, 0.29) is 6.54 Å². The molecule has 112 valence electrons. The first-order valence-electron chi connectivity index (χ1n) is 6.38. The van der Waals surface area contributed by atoms with Gasteiger partial charge in [0.2, 0.25) is 5.91 Å². The Hall–Kier alpha value is -2.31. The third-order valence-corrected chi connectivity index (χ3v) is 2.86. The predicted octanol–water partition coefficient (Wildman–Crippen LogP) is 3.10. The number of alkyl halides is 3. The van der Waals surface area contributed by atoms with Crippen LogP contribution in [-0.2, 0) is 23.9 Å². The number of nitrogens with zero attached hydrogens (tertiary/aromatic N) is 2. The standard InChI is InChI=1S/C14H14F3N3O/c1-2-10-4-3-5-11(8-10)18-13(21)9-20-7-6-12(19-20)14(15,16)17/h3-8H,2,9H2,1H3,(H,18,21). The fraction of sp³-hybridized carbons (Fsp3) is 0.286.